The summed E-state index contributed by atoms with van der Waals surface area (Å²) in [6.45, 7) is 6.06. The Labute approximate surface area is 142 Å². The summed E-state index contributed by atoms with van der Waals surface area (Å²) in [5, 5.41) is 0. The van der Waals surface area contributed by atoms with Gasteiger partial charge >= 0.3 is 0 Å². The molecule has 0 aliphatic carbocycles. The predicted octanol–water partition coefficient (Wildman–Crippen LogP) is 6.78. The highest BCUT2D eigenvalue weighted by atomic mass is 19.1. The van der Waals surface area contributed by atoms with Gasteiger partial charge in [0, 0.05) is 17.1 Å². The lowest BCUT2D eigenvalue weighted by molar-refractivity contribution is 0.628. The van der Waals surface area contributed by atoms with Crippen LogP contribution in [0.15, 0.2) is 78.9 Å². The van der Waals surface area contributed by atoms with Crippen LogP contribution >= 0.6 is 0 Å². The van der Waals surface area contributed by atoms with Crippen molar-refractivity contribution in [3.63, 3.8) is 0 Å². The lowest BCUT2D eigenvalue weighted by Gasteiger charge is -2.25. The molecule has 0 heterocycles. The third-order valence-electron chi connectivity index (χ3n) is 3.39. The zero-order valence-electron chi connectivity index (χ0n) is 14.2. The zero-order chi connectivity index (χ0) is 16.7. The van der Waals surface area contributed by atoms with E-state index in [9.17, 15) is 4.39 Å². The molecule has 3 aromatic rings. The number of rotatable bonds is 3. The molecule has 0 unspecified atom stereocenters. The van der Waals surface area contributed by atoms with Gasteiger partial charge in [-0.05, 0) is 55.5 Å². The Morgan fingerprint density at radius 3 is 1.54 bits per heavy atom. The van der Waals surface area contributed by atoms with Crippen LogP contribution in [0.25, 0.3) is 0 Å². The van der Waals surface area contributed by atoms with E-state index in [0.29, 0.717) is 0 Å². The molecule has 24 heavy (non-hydrogen) atoms. The lowest BCUT2D eigenvalue weighted by atomic mass is 10.1. The normalized spacial score (nSPS) is 9.33. The quantitative estimate of drug-likeness (QED) is 0.512. The molecular formula is C21H23F2N. The van der Waals surface area contributed by atoms with Gasteiger partial charge in [0.2, 0.25) is 0 Å². The van der Waals surface area contributed by atoms with Crippen molar-refractivity contribution in [2.24, 2.45) is 0 Å². The fraction of sp³-hybridized carbons (Fsp3) is 0.143. The van der Waals surface area contributed by atoms with E-state index in [1.165, 1.54) is 17.7 Å². The maximum atomic E-state index is 13.2. The first kappa shape index (κ1) is 19.4. The predicted molar refractivity (Wildman–Crippen MR) is 99.7 cm³/mol. The van der Waals surface area contributed by atoms with E-state index in [4.69, 9.17) is 0 Å². The van der Waals surface area contributed by atoms with Crippen molar-refractivity contribution in [1.29, 1.82) is 0 Å². The van der Waals surface area contributed by atoms with Crippen LogP contribution in [-0.4, -0.2) is 0 Å². The lowest BCUT2D eigenvalue weighted by Crippen LogP contribution is -2.09. The minimum Gasteiger partial charge on any atom is -0.311 e. The van der Waals surface area contributed by atoms with Crippen LogP contribution in [0.2, 0.25) is 0 Å². The molecule has 0 saturated carbocycles. The summed E-state index contributed by atoms with van der Waals surface area (Å²) in [5.74, 6) is -0.226. The smallest absolute Gasteiger partial charge is 0.123 e. The molecule has 3 heteroatoms. The summed E-state index contributed by atoms with van der Waals surface area (Å²) in [6, 6.07) is 24.9. The number of para-hydroxylation sites is 1. The van der Waals surface area contributed by atoms with E-state index in [1.54, 1.807) is 12.1 Å². The average molecular weight is 327 g/mol. The number of nitrogens with zero attached hydrogens (tertiary/aromatic N) is 1. The highest BCUT2D eigenvalue weighted by molar-refractivity contribution is 5.76. The van der Waals surface area contributed by atoms with Crippen molar-refractivity contribution >= 4 is 17.1 Å². The van der Waals surface area contributed by atoms with E-state index in [0.717, 1.165) is 17.1 Å². The maximum Gasteiger partial charge on any atom is 0.123 e. The van der Waals surface area contributed by atoms with Crippen molar-refractivity contribution in [3.05, 3.63) is 90.2 Å². The SMILES string of the molecule is CC.Cc1ccc(N(c2ccccc2)c2ccc(F)cc2)cc1.F. The number of hydrogen-bond acceptors (Lipinski definition) is 1. The molecule has 126 valence electrons. The van der Waals surface area contributed by atoms with Crippen LogP contribution in [0.5, 0.6) is 0 Å². The molecule has 0 amide bonds. The third kappa shape index (κ3) is 4.66. The molecule has 0 aliphatic rings. The number of anilines is 3. The molecule has 0 fully saturated rings. The first-order valence-corrected chi connectivity index (χ1v) is 7.91. The molecule has 0 N–H and O–H groups in total. The summed E-state index contributed by atoms with van der Waals surface area (Å²) in [5.41, 5.74) is 4.25. The molecule has 0 saturated heterocycles. The number of benzene rings is 3. The molecule has 1 nitrogen and oxygen atoms in total. The van der Waals surface area contributed by atoms with Gasteiger partial charge in [0.1, 0.15) is 5.82 Å². The molecule has 0 bridgehead atoms. The Morgan fingerprint density at radius 2 is 1.04 bits per heavy atom. The van der Waals surface area contributed by atoms with E-state index >= 15 is 0 Å². The summed E-state index contributed by atoms with van der Waals surface area (Å²) in [6.07, 6.45) is 0. The molecular weight excluding hydrogens is 304 g/mol. The first-order valence-electron chi connectivity index (χ1n) is 7.91. The number of aryl methyl sites for hydroxylation is 1. The molecule has 0 aliphatic heterocycles. The molecule has 3 rings (SSSR count). The van der Waals surface area contributed by atoms with E-state index in [1.807, 2.05) is 44.2 Å². The second kappa shape index (κ2) is 9.46. The third-order valence-corrected chi connectivity index (χ3v) is 3.39. The van der Waals surface area contributed by atoms with E-state index in [-0.39, 0.29) is 10.5 Å². The fourth-order valence-corrected chi connectivity index (χ4v) is 2.31. The Hall–Kier alpha value is -2.68. The molecule has 0 spiro atoms. The monoisotopic (exact) mass is 327 g/mol. The van der Waals surface area contributed by atoms with Gasteiger partial charge in [0.05, 0.1) is 0 Å². The van der Waals surface area contributed by atoms with Gasteiger partial charge in [-0.2, -0.15) is 0 Å². The highest BCUT2D eigenvalue weighted by Gasteiger charge is 2.11. The van der Waals surface area contributed by atoms with Crippen LogP contribution in [0.3, 0.4) is 0 Å². The topological polar surface area (TPSA) is 3.24 Å². The molecule has 3 aromatic carbocycles. The highest BCUT2D eigenvalue weighted by Crippen LogP contribution is 2.34. The summed E-state index contributed by atoms with van der Waals surface area (Å²) >= 11 is 0. The summed E-state index contributed by atoms with van der Waals surface area (Å²) in [4.78, 5) is 2.11. The van der Waals surface area contributed by atoms with Gasteiger partial charge in [-0.25, -0.2) is 4.39 Å². The molecule has 0 atom stereocenters. The van der Waals surface area contributed by atoms with Crippen molar-refractivity contribution in [2.45, 2.75) is 20.8 Å². The first-order chi connectivity index (χ1) is 11.2. The van der Waals surface area contributed by atoms with Gasteiger partial charge in [-0.1, -0.05) is 49.7 Å². The van der Waals surface area contributed by atoms with E-state index in [2.05, 4.69) is 36.1 Å². The molecule has 0 radical (unpaired) electrons. The molecule has 0 aromatic heterocycles. The van der Waals surface area contributed by atoms with Gasteiger partial charge < -0.3 is 4.90 Å². The standard InChI is InChI=1S/C19H16FN.C2H6.FH/c1-15-7-11-18(12-8-15)21(17-5-3-2-4-6-17)19-13-9-16(20)10-14-19;1-2;/h2-14H,1H3;1-2H3;1H. The van der Waals surface area contributed by atoms with Crippen LogP contribution in [-0.2, 0) is 0 Å². The van der Waals surface area contributed by atoms with Crippen LogP contribution in [0.1, 0.15) is 19.4 Å². The Bertz CT molecular complexity index is 662. The number of hydrogen-bond donors (Lipinski definition) is 0. The van der Waals surface area contributed by atoms with Crippen molar-refractivity contribution < 1.29 is 9.09 Å². The summed E-state index contributed by atoms with van der Waals surface area (Å²) in [7, 11) is 0. The van der Waals surface area contributed by atoms with Gasteiger partial charge in [0.15, 0.2) is 0 Å². The average Bonchev–Trinajstić information content (AvgIpc) is 2.61. The zero-order valence-corrected chi connectivity index (χ0v) is 14.2. The van der Waals surface area contributed by atoms with Gasteiger partial charge in [0.25, 0.3) is 0 Å². The fourth-order valence-electron chi connectivity index (χ4n) is 2.31. The number of halogens is 2. The second-order valence-electron chi connectivity index (χ2n) is 4.98. The van der Waals surface area contributed by atoms with Crippen LogP contribution in [0, 0.1) is 12.7 Å². The van der Waals surface area contributed by atoms with Crippen molar-refractivity contribution in [2.75, 3.05) is 4.90 Å². The van der Waals surface area contributed by atoms with E-state index < -0.39 is 0 Å². The second-order valence-corrected chi connectivity index (χ2v) is 4.98. The Morgan fingerprint density at radius 1 is 0.625 bits per heavy atom. The summed E-state index contributed by atoms with van der Waals surface area (Å²) < 4.78 is 13.2. The van der Waals surface area contributed by atoms with Crippen molar-refractivity contribution in [1.82, 2.24) is 0 Å². The Kier molecular flexibility index (Phi) is 7.63. The van der Waals surface area contributed by atoms with Gasteiger partial charge in [-0.15, -0.1) is 0 Å². The maximum absolute atomic E-state index is 13.2. The van der Waals surface area contributed by atoms with Gasteiger partial charge in [-0.3, -0.25) is 4.70 Å². The van der Waals surface area contributed by atoms with Crippen molar-refractivity contribution in [3.8, 4) is 0 Å². The minimum absolute atomic E-state index is 0. The Balaban J connectivity index is 0.000000925. The largest absolute Gasteiger partial charge is 0.311 e. The van der Waals surface area contributed by atoms with Crippen LogP contribution < -0.4 is 4.90 Å². The van der Waals surface area contributed by atoms with Crippen LogP contribution in [0.4, 0.5) is 26.2 Å². The minimum atomic E-state index is -0.226.